The van der Waals surface area contributed by atoms with E-state index in [-0.39, 0.29) is 0 Å². The molecule has 0 heterocycles. The Bertz CT molecular complexity index is 632. The third-order valence-electron chi connectivity index (χ3n) is 2.84. The first-order valence-electron chi connectivity index (χ1n) is 5.76. The molecule has 0 saturated carbocycles. The summed E-state index contributed by atoms with van der Waals surface area (Å²) in [6.07, 6.45) is 0. The van der Waals surface area contributed by atoms with Crippen molar-refractivity contribution in [1.82, 2.24) is 0 Å². The molecule has 0 aliphatic heterocycles. The van der Waals surface area contributed by atoms with Crippen molar-refractivity contribution in [1.29, 1.82) is 5.26 Å². The Hall–Kier alpha value is -1.69. The SMILES string of the molecule is CN(Cc1ccc(Cl)c(Cl)c1)c1ccccc1C#N. The summed E-state index contributed by atoms with van der Waals surface area (Å²) < 4.78 is 0. The minimum absolute atomic E-state index is 0.543. The number of nitriles is 1. The van der Waals surface area contributed by atoms with Gasteiger partial charge in [-0.1, -0.05) is 41.4 Å². The van der Waals surface area contributed by atoms with E-state index in [4.69, 9.17) is 28.5 Å². The van der Waals surface area contributed by atoms with Gasteiger partial charge in [-0.15, -0.1) is 0 Å². The molecule has 0 aliphatic carbocycles. The summed E-state index contributed by atoms with van der Waals surface area (Å²) in [6.45, 7) is 0.662. The van der Waals surface area contributed by atoms with E-state index < -0.39 is 0 Å². The summed E-state index contributed by atoms with van der Waals surface area (Å²) in [5.74, 6) is 0. The van der Waals surface area contributed by atoms with Gasteiger partial charge in [0, 0.05) is 13.6 Å². The van der Waals surface area contributed by atoms with Gasteiger partial charge in [-0.3, -0.25) is 0 Å². The summed E-state index contributed by atoms with van der Waals surface area (Å²) in [6, 6.07) is 15.3. The molecule has 4 heteroatoms. The lowest BCUT2D eigenvalue weighted by molar-refractivity contribution is 0.921. The molecule has 2 nitrogen and oxygen atoms in total. The predicted octanol–water partition coefficient (Wildman–Crippen LogP) is 4.50. The van der Waals surface area contributed by atoms with E-state index in [1.165, 1.54) is 0 Å². The minimum Gasteiger partial charge on any atom is -0.369 e. The maximum absolute atomic E-state index is 9.10. The number of rotatable bonds is 3. The Morgan fingerprint density at radius 1 is 1.11 bits per heavy atom. The molecule has 0 amide bonds. The van der Waals surface area contributed by atoms with Crippen LogP contribution in [0.5, 0.6) is 0 Å². The molecule has 0 unspecified atom stereocenters. The van der Waals surface area contributed by atoms with Gasteiger partial charge in [0.2, 0.25) is 0 Å². The molecule has 0 aliphatic rings. The van der Waals surface area contributed by atoms with Crippen molar-refractivity contribution in [3.8, 4) is 6.07 Å². The standard InChI is InChI=1S/C15H12Cl2N2/c1-19(15-5-3-2-4-12(15)9-18)10-11-6-7-13(16)14(17)8-11/h2-8H,10H2,1H3. The van der Waals surface area contributed by atoms with Crippen LogP contribution in [0.1, 0.15) is 11.1 Å². The van der Waals surface area contributed by atoms with Crippen LogP contribution in [0.3, 0.4) is 0 Å². The topological polar surface area (TPSA) is 27.0 Å². The fourth-order valence-electron chi connectivity index (χ4n) is 1.90. The molecule has 0 N–H and O–H groups in total. The second kappa shape index (κ2) is 5.97. The number of nitrogens with zero attached hydrogens (tertiary/aromatic N) is 2. The Morgan fingerprint density at radius 2 is 1.84 bits per heavy atom. The average Bonchev–Trinajstić information content (AvgIpc) is 2.43. The van der Waals surface area contributed by atoms with E-state index >= 15 is 0 Å². The van der Waals surface area contributed by atoms with Crippen LogP contribution in [0, 0.1) is 11.3 Å². The Kier molecular flexibility index (Phi) is 4.31. The molecule has 19 heavy (non-hydrogen) atoms. The van der Waals surface area contributed by atoms with E-state index in [1.807, 2.05) is 42.3 Å². The number of benzene rings is 2. The van der Waals surface area contributed by atoms with Crippen molar-refractivity contribution in [2.24, 2.45) is 0 Å². The Balaban J connectivity index is 2.23. The van der Waals surface area contributed by atoms with Crippen LogP contribution < -0.4 is 4.90 Å². The molecule has 0 saturated heterocycles. The lowest BCUT2D eigenvalue weighted by atomic mass is 10.1. The van der Waals surface area contributed by atoms with Crippen molar-refractivity contribution >= 4 is 28.9 Å². The van der Waals surface area contributed by atoms with Crippen LogP contribution in [0.15, 0.2) is 42.5 Å². The molecule has 2 aromatic carbocycles. The number of anilines is 1. The van der Waals surface area contributed by atoms with Crippen molar-refractivity contribution in [2.45, 2.75) is 6.54 Å². The first-order valence-corrected chi connectivity index (χ1v) is 6.51. The number of hydrogen-bond donors (Lipinski definition) is 0. The summed E-state index contributed by atoms with van der Waals surface area (Å²) in [4.78, 5) is 2.01. The van der Waals surface area contributed by atoms with Crippen molar-refractivity contribution < 1.29 is 0 Å². The highest BCUT2D eigenvalue weighted by Gasteiger charge is 2.08. The lowest BCUT2D eigenvalue weighted by Gasteiger charge is -2.20. The molecule has 0 spiro atoms. The first kappa shape index (κ1) is 13.7. The zero-order valence-corrected chi connectivity index (χ0v) is 11.9. The molecule has 0 bridgehead atoms. The first-order chi connectivity index (χ1) is 9.11. The Labute approximate surface area is 122 Å². The highest BCUT2D eigenvalue weighted by Crippen LogP contribution is 2.25. The van der Waals surface area contributed by atoms with Gasteiger partial charge < -0.3 is 4.90 Å². The summed E-state index contributed by atoms with van der Waals surface area (Å²) in [5, 5.41) is 10.2. The van der Waals surface area contributed by atoms with E-state index in [2.05, 4.69) is 6.07 Å². The van der Waals surface area contributed by atoms with Crippen molar-refractivity contribution in [3.05, 3.63) is 63.6 Å². The summed E-state index contributed by atoms with van der Waals surface area (Å²) in [5.41, 5.74) is 2.60. The molecular formula is C15H12Cl2N2. The van der Waals surface area contributed by atoms with E-state index in [0.29, 0.717) is 22.2 Å². The molecule has 2 rings (SSSR count). The average molecular weight is 291 g/mol. The third kappa shape index (κ3) is 3.20. The maximum atomic E-state index is 9.10. The smallest absolute Gasteiger partial charge is 0.101 e. The molecule has 96 valence electrons. The van der Waals surface area contributed by atoms with Crippen LogP contribution in [0.4, 0.5) is 5.69 Å². The zero-order chi connectivity index (χ0) is 13.8. The van der Waals surface area contributed by atoms with Crippen molar-refractivity contribution in [3.63, 3.8) is 0 Å². The van der Waals surface area contributed by atoms with E-state index in [1.54, 1.807) is 12.1 Å². The van der Waals surface area contributed by atoms with E-state index in [0.717, 1.165) is 11.3 Å². The second-order valence-electron chi connectivity index (χ2n) is 4.23. The predicted molar refractivity (Wildman–Crippen MR) is 79.7 cm³/mol. The second-order valence-corrected chi connectivity index (χ2v) is 5.05. The summed E-state index contributed by atoms with van der Waals surface area (Å²) in [7, 11) is 1.94. The fraction of sp³-hybridized carbons (Fsp3) is 0.133. The number of hydrogen-bond acceptors (Lipinski definition) is 2. The number of halogens is 2. The largest absolute Gasteiger partial charge is 0.369 e. The normalized spacial score (nSPS) is 10.0. The molecule has 2 aromatic rings. The van der Waals surface area contributed by atoms with Gasteiger partial charge in [0.15, 0.2) is 0 Å². The Morgan fingerprint density at radius 3 is 2.53 bits per heavy atom. The highest BCUT2D eigenvalue weighted by molar-refractivity contribution is 6.42. The van der Waals surface area contributed by atoms with Gasteiger partial charge in [-0.25, -0.2) is 0 Å². The van der Waals surface area contributed by atoms with Gasteiger partial charge in [-0.2, -0.15) is 5.26 Å². The van der Waals surface area contributed by atoms with Crippen LogP contribution in [0.2, 0.25) is 10.0 Å². The monoisotopic (exact) mass is 290 g/mol. The quantitative estimate of drug-likeness (QED) is 0.832. The zero-order valence-electron chi connectivity index (χ0n) is 10.4. The maximum Gasteiger partial charge on any atom is 0.101 e. The number of para-hydroxylation sites is 1. The molecule has 0 atom stereocenters. The van der Waals surface area contributed by atoms with E-state index in [9.17, 15) is 0 Å². The van der Waals surface area contributed by atoms with Gasteiger partial charge in [0.05, 0.1) is 21.3 Å². The van der Waals surface area contributed by atoms with Gasteiger partial charge in [0.1, 0.15) is 6.07 Å². The fourth-order valence-corrected chi connectivity index (χ4v) is 2.22. The highest BCUT2D eigenvalue weighted by atomic mass is 35.5. The van der Waals surface area contributed by atoms with Gasteiger partial charge in [0.25, 0.3) is 0 Å². The minimum atomic E-state index is 0.543. The molecular weight excluding hydrogens is 279 g/mol. The van der Waals surface area contributed by atoms with Gasteiger partial charge >= 0.3 is 0 Å². The van der Waals surface area contributed by atoms with Crippen LogP contribution in [-0.4, -0.2) is 7.05 Å². The van der Waals surface area contributed by atoms with Gasteiger partial charge in [-0.05, 0) is 29.8 Å². The van der Waals surface area contributed by atoms with Crippen LogP contribution in [0.25, 0.3) is 0 Å². The lowest BCUT2D eigenvalue weighted by Crippen LogP contribution is -2.17. The van der Waals surface area contributed by atoms with Crippen LogP contribution >= 0.6 is 23.2 Å². The van der Waals surface area contributed by atoms with Crippen LogP contribution in [-0.2, 0) is 6.54 Å². The molecule has 0 aromatic heterocycles. The molecule has 0 fully saturated rings. The summed E-state index contributed by atoms with van der Waals surface area (Å²) >= 11 is 11.9. The molecule has 0 radical (unpaired) electrons. The third-order valence-corrected chi connectivity index (χ3v) is 3.58. The van der Waals surface area contributed by atoms with Crippen molar-refractivity contribution in [2.75, 3.05) is 11.9 Å².